The predicted octanol–water partition coefficient (Wildman–Crippen LogP) is 5.76. The maximum atomic E-state index is 13.8. The Labute approximate surface area is 309 Å². The number of morpholine rings is 1. The Morgan fingerprint density at radius 1 is 1.02 bits per heavy atom. The van der Waals surface area contributed by atoms with Crippen LogP contribution in [0.3, 0.4) is 0 Å². The first-order valence-corrected chi connectivity index (χ1v) is 17.5. The average molecular weight is 775 g/mol. The van der Waals surface area contributed by atoms with Crippen LogP contribution in [0.15, 0.2) is 75.7 Å². The van der Waals surface area contributed by atoms with Crippen molar-refractivity contribution in [2.45, 2.75) is 63.6 Å². The molecule has 0 amide bonds. The number of carboxylic acid groups (broad SMARTS) is 1. The number of piperidine rings is 1. The lowest BCUT2D eigenvalue weighted by atomic mass is 9.97. The number of nitrogens with zero attached hydrogens (tertiary/aromatic N) is 6. The van der Waals surface area contributed by atoms with Crippen molar-refractivity contribution in [2.75, 3.05) is 45.9 Å². The molecule has 0 saturated carbocycles. The lowest BCUT2D eigenvalue weighted by Crippen LogP contribution is -2.38. The molecule has 292 valence electrons. The lowest BCUT2D eigenvalue weighted by molar-refractivity contribution is -0.144. The molecule has 3 fully saturated rings. The highest BCUT2D eigenvalue weighted by atomic mass is 35.5. The molecule has 1 aromatic rings. The van der Waals surface area contributed by atoms with E-state index in [0.717, 1.165) is 0 Å². The molecule has 2 atom stereocenters. The summed E-state index contributed by atoms with van der Waals surface area (Å²) < 4.78 is 88.2. The number of carbonyl (C=O) groups is 1. The Morgan fingerprint density at radius 2 is 1.62 bits per heavy atom. The van der Waals surface area contributed by atoms with E-state index in [-0.39, 0.29) is 47.4 Å². The number of alkyl halides is 6. The molecule has 3 heterocycles. The van der Waals surface area contributed by atoms with Crippen molar-refractivity contribution >= 4 is 30.0 Å². The fourth-order valence-electron chi connectivity index (χ4n) is 6.61. The monoisotopic (exact) mass is 774 g/mol. The van der Waals surface area contributed by atoms with E-state index in [9.17, 15) is 36.2 Å². The standard InChI is InChI=1S/C35H45ClF6N8O3/c1-4-28-16-29(21-50(28)32(44)31(36)19-46-22(2)47-7-5-25(6-8-47)33(51)52)49(23(3)45-18-30(17-43)48-9-11-53-12-10-48)20-24-13-26(34(37,38)39)15-27(14-24)35(40,41)42/h13-15,17-19,25,28-29H,2-12,16,20-21,43-44H2,1H3,(H,51,52)/b30-17+,32-31-,45-18-,46-19-/t28-,29+/m1/s1. The normalized spacial score (nSPS) is 21.4. The zero-order valence-electron chi connectivity index (χ0n) is 29.3. The Balaban J connectivity index is 1.62. The van der Waals surface area contributed by atoms with E-state index in [1.807, 2.05) is 21.6 Å². The summed E-state index contributed by atoms with van der Waals surface area (Å²) in [6, 6.07) is 0.738. The highest BCUT2D eigenvalue weighted by Gasteiger charge is 2.39. The maximum Gasteiger partial charge on any atom is 0.416 e. The summed E-state index contributed by atoms with van der Waals surface area (Å²) in [5.74, 6) is -0.638. The van der Waals surface area contributed by atoms with Crippen molar-refractivity contribution < 1.29 is 41.0 Å². The van der Waals surface area contributed by atoms with E-state index in [0.29, 0.717) is 88.7 Å². The minimum absolute atomic E-state index is 0.0865. The van der Waals surface area contributed by atoms with Crippen molar-refractivity contribution in [2.24, 2.45) is 27.4 Å². The van der Waals surface area contributed by atoms with E-state index >= 15 is 0 Å². The number of carboxylic acids is 1. The second-order valence-corrected chi connectivity index (χ2v) is 13.4. The van der Waals surface area contributed by atoms with Crippen molar-refractivity contribution in [3.63, 3.8) is 0 Å². The van der Waals surface area contributed by atoms with Gasteiger partial charge in [0.25, 0.3) is 0 Å². The quantitative estimate of drug-likeness (QED) is 0.169. The molecule has 11 nitrogen and oxygen atoms in total. The number of aliphatic carboxylic acids is 1. The number of hydrogen-bond acceptors (Lipinski definition) is 10. The molecule has 3 saturated heterocycles. The Kier molecular flexibility index (Phi) is 13.8. The van der Waals surface area contributed by atoms with Gasteiger partial charge in [-0.3, -0.25) is 4.79 Å². The molecule has 18 heteroatoms. The molecule has 0 bridgehead atoms. The summed E-state index contributed by atoms with van der Waals surface area (Å²) in [6.07, 6.45) is -4.03. The van der Waals surface area contributed by atoms with E-state index in [1.165, 1.54) is 18.6 Å². The zero-order chi connectivity index (χ0) is 39.1. The summed E-state index contributed by atoms with van der Waals surface area (Å²) in [7, 11) is 0. The lowest BCUT2D eigenvalue weighted by Gasteiger charge is -2.32. The zero-order valence-corrected chi connectivity index (χ0v) is 30.1. The van der Waals surface area contributed by atoms with Gasteiger partial charge in [-0.2, -0.15) is 26.3 Å². The highest BCUT2D eigenvalue weighted by molar-refractivity contribution is 6.39. The van der Waals surface area contributed by atoms with Gasteiger partial charge in [0.1, 0.15) is 17.5 Å². The van der Waals surface area contributed by atoms with Gasteiger partial charge in [-0.15, -0.1) is 0 Å². The highest BCUT2D eigenvalue weighted by Crippen LogP contribution is 2.38. The van der Waals surface area contributed by atoms with Crippen LogP contribution in [0.2, 0.25) is 0 Å². The molecule has 3 aliphatic rings. The van der Waals surface area contributed by atoms with E-state index in [4.69, 9.17) is 27.8 Å². The molecule has 0 spiro atoms. The van der Waals surface area contributed by atoms with Crippen molar-refractivity contribution in [1.82, 2.24) is 19.6 Å². The van der Waals surface area contributed by atoms with Gasteiger partial charge in [-0.1, -0.05) is 31.7 Å². The van der Waals surface area contributed by atoms with Crippen molar-refractivity contribution in [1.29, 1.82) is 0 Å². The van der Waals surface area contributed by atoms with Crippen molar-refractivity contribution in [3.8, 4) is 0 Å². The predicted molar refractivity (Wildman–Crippen MR) is 190 cm³/mol. The number of ether oxygens (including phenoxy) is 1. The summed E-state index contributed by atoms with van der Waals surface area (Å²) in [4.78, 5) is 27.3. The summed E-state index contributed by atoms with van der Waals surface area (Å²) in [5, 5.41) is 9.36. The Bertz CT molecular complexity index is 1580. The third-order valence-corrected chi connectivity index (χ3v) is 9.91. The molecule has 0 aliphatic carbocycles. The second-order valence-electron chi connectivity index (χ2n) is 13.0. The molecule has 3 aliphatic heterocycles. The first-order chi connectivity index (χ1) is 24.9. The molecular weight excluding hydrogens is 730 g/mol. The van der Waals surface area contributed by atoms with Gasteiger partial charge in [0, 0.05) is 51.5 Å². The largest absolute Gasteiger partial charge is 0.481 e. The molecule has 0 radical (unpaired) electrons. The third kappa shape index (κ3) is 10.8. The van der Waals surface area contributed by atoms with Crippen LogP contribution in [0.4, 0.5) is 26.3 Å². The van der Waals surface area contributed by atoms with Gasteiger partial charge in [0.05, 0.1) is 59.5 Å². The van der Waals surface area contributed by atoms with Gasteiger partial charge >= 0.3 is 18.3 Å². The number of rotatable bonds is 13. The minimum atomic E-state index is -5.02. The van der Waals surface area contributed by atoms with Gasteiger partial charge in [-0.25, -0.2) is 9.98 Å². The number of hydrogen-bond donors (Lipinski definition) is 3. The molecule has 5 N–H and O–H groups in total. The number of nitrogens with two attached hydrogens (primary N) is 2. The molecule has 0 aromatic heterocycles. The Morgan fingerprint density at radius 3 is 2.15 bits per heavy atom. The number of likely N-dealkylation sites (tertiary alicyclic amines) is 2. The number of halogens is 7. The van der Waals surface area contributed by atoms with Crippen LogP contribution in [0.25, 0.3) is 0 Å². The first-order valence-electron chi connectivity index (χ1n) is 17.1. The van der Waals surface area contributed by atoms with E-state index in [2.05, 4.69) is 23.1 Å². The second kappa shape index (κ2) is 17.6. The van der Waals surface area contributed by atoms with Crippen LogP contribution in [-0.4, -0.2) is 101 Å². The van der Waals surface area contributed by atoms with Crippen LogP contribution in [0, 0.1) is 5.92 Å². The minimum Gasteiger partial charge on any atom is -0.481 e. The number of aliphatic imine (C=N–C) groups is 2. The van der Waals surface area contributed by atoms with Gasteiger partial charge in [0.15, 0.2) is 0 Å². The third-order valence-electron chi connectivity index (χ3n) is 9.62. The van der Waals surface area contributed by atoms with Crippen LogP contribution in [-0.2, 0) is 28.4 Å². The molecule has 4 rings (SSSR count). The van der Waals surface area contributed by atoms with Crippen LogP contribution < -0.4 is 11.5 Å². The van der Waals surface area contributed by atoms with Gasteiger partial charge in [0.2, 0.25) is 0 Å². The van der Waals surface area contributed by atoms with E-state index in [1.54, 1.807) is 4.90 Å². The number of benzene rings is 1. The van der Waals surface area contributed by atoms with Crippen LogP contribution in [0.5, 0.6) is 0 Å². The fourth-order valence-corrected chi connectivity index (χ4v) is 6.76. The van der Waals surface area contributed by atoms with Crippen molar-refractivity contribution in [3.05, 3.63) is 82.4 Å². The van der Waals surface area contributed by atoms with Gasteiger partial charge < -0.3 is 40.9 Å². The smallest absolute Gasteiger partial charge is 0.416 e. The molecule has 1 aromatic carbocycles. The molecule has 0 unspecified atom stereocenters. The fraction of sp³-hybridized carbons (Fsp3) is 0.514. The Hall–Kier alpha value is -4.38. The average Bonchev–Trinajstić information content (AvgIpc) is 3.56. The molecule has 53 heavy (non-hydrogen) atoms. The summed E-state index contributed by atoms with van der Waals surface area (Å²) in [6.45, 7) is 12.7. The summed E-state index contributed by atoms with van der Waals surface area (Å²) >= 11 is 6.62. The first kappa shape index (κ1) is 41.4. The number of allylic oxidation sites excluding steroid dienone is 2. The van der Waals surface area contributed by atoms with E-state index < -0.39 is 41.4 Å². The summed E-state index contributed by atoms with van der Waals surface area (Å²) in [5.41, 5.74) is 9.87. The maximum absolute atomic E-state index is 13.8. The van der Waals surface area contributed by atoms with Gasteiger partial charge in [-0.05, 0) is 49.4 Å². The van der Waals surface area contributed by atoms with Crippen LogP contribution >= 0.6 is 11.6 Å². The molecular formula is C35H45ClF6N8O3. The SMILES string of the molecule is C=C(/N=C\C(Cl)=C(/N)N1C[C@@H](N(Cc2cc(C(F)(F)F)cc(C(F)(F)F)c2)C(=C)/N=C\C(=C/N)N2CCOCC2)C[C@H]1CC)N1CCC(C(=O)O)CC1. The topological polar surface area (TPSA) is 136 Å². The van der Waals surface area contributed by atoms with Crippen LogP contribution in [0.1, 0.15) is 49.3 Å².